The molecular weight excluding hydrogens is 336 g/mol. The molecule has 0 atom stereocenters. The van der Waals surface area contributed by atoms with Crippen molar-refractivity contribution in [2.45, 2.75) is 19.8 Å². The van der Waals surface area contributed by atoms with Gasteiger partial charge in [-0.1, -0.05) is 28.5 Å². The van der Waals surface area contributed by atoms with Crippen LogP contribution in [0.4, 0.5) is 0 Å². The van der Waals surface area contributed by atoms with Gasteiger partial charge in [-0.25, -0.2) is 0 Å². The molecule has 92 valence electrons. The zero-order valence-corrected chi connectivity index (χ0v) is 22.1. The van der Waals surface area contributed by atoms with Crippen molar-refractivity contribution < 1.29 is 147 Å². The van der Waals surface area contributed by atoms with Crippen LogP contribution in [0.25, 0.3) is 0 Å². The third kappa shape index (κ3) is 27.4. The zero-order valence-electron chi connectivity index (χ0n) is 12.3. The minimum Gasteiger partial charge on any atom is -0.810 e. The Balaban J connectivity index is -0.000000163. The molecule has 0 saturated heterocycles. The predicted octanol–water partition coefficient (Wildman–Crippen LogP) is -14.2. The van der Waals surface area contributed by atoms with Crippen molar-refractivity contribution >= 4 is 15.2 Å². The van der Waals surface area contributed by atoms with Gasteiger partial charge in [0, 0.05) is 12.6 Å². The predicted molar refractivity (Wildman–Crippen MR) is 46.6 cm³/mol. The average Bonchev–Trinajstić information content (AvgIpc) is 1.94. The summed E-state index contributed by atoms with van der Waals surface area (Å²) >= 11 is 0. The normalized spacial score (nSPS) is 10.6. The van der Waals surface area contributed by atoms with E-state index in [2.05, 4.69) is 0 Å². The summed E-state index contributed by atoms with van der Waals surface area (Å²) in [6.07, 6.45) is -0.594. The van der Waals surface area contributed by atoms with E-state index in [0.717, 1.165) is 4.90 Å². The monoisotopic (exact) mass is 349 g/mol. The van der Waals surface area contributed by atoms with Crippen molar-refractivity contribution in [2.75, 3.05) is 19.1 Å². The van der Waals surface area contributed by atoms with Crippen LogP contribution in [0.2, 0.25) is 0 Å². The van der Waals surface area contributed by atoms with E-state index in [1.807, 2.05) is 6.92 Å². The second-order valence-electron chi connectivity index (χ2n) is 3.25. The molecule has 7 nitrogen and oxygen atoms in total. The van der Waals surface area contributed by atoms with Crippen molar-refractivity contribution in [1.82, 2.24) is 4.90 Å². The Labute approximate surface area is 202 Å². The van der Waals surface area contributed by atoms with Gasteiger partial charge in [-0.05, 0) is 13.0 Å². The van der Waals surface area contributed by atoms with Gasteiger partial charge in [-0.15, -0.1) is 0 Å². The van der Waals surface area contributed by atoms with Gasteiger partial charge in [-0.2, -0.15) is 0 Å². The number of hydrogen-bond acceptors (Lipinski definition) is 7. The summed E-state index contributed by atoms with van der Waals surface area (Å²) in [6, 6.07) is 0. The van der Waals surface area contributed by atoms with E-state index < -0.39 is 27.8 Å². The van der Waals surface area contributed by atoms with E-state index in [4.69, 9.17) is 0 Å². The van der Waals surface area contributed by atoms with Gasteiger partial charge < -0.3 is 28.7 Å². The van der Waals surface area contributed by atoms with E-state index in [0.29, 0.717) is 12.8 Å². The molecule has 0 aliphatic carbocycles. The first-order valence-corrected chi connectivity index (χ1v) is 7.84. The second kappa shape index (κ2) is 17.1. The Kier molecular flexibility index (Phi) is 31.1. The molecule has 0 heterocycles. The molecule has 19 heavy (non-hydrogen) atoms. The zero-order chi connectivity index (χ0) is 12.1. The Hall–Kier alpha value is 4.26. The van der Waals surface area contributed by atoms with Crippen LogP contribution in [0.15, 0.2) is 0 Å². The molecule has 0 rings (SSSR count). The van der Waals surface area contributed by atoms with Gasteiger partial charge in [-0.3, -0.25) is 4.90 Å². The minimum absolute atomic E-state index is 0. The molecule has 0 radical (unpaired) electrons. The van der Waals surface area contributed by atoms with E-state index in [1.54, 1.807) is 0 Å². The topological polar surface area (TPSA) is 130 Å². The van der Waals surface area contributed by atoms with Crippen LogP contribution in [0.3, 0.4) is 0 Å². The number of unbranched alkanes of at least 4 members (excludes halogenated alkanes) is 1. The molecule has 0 unspecified atom stereocenters. The summed E-state index contributed by atoms with van der Waals surface area (Å²) in [4.78, 5) is 42.6. The van der Waals surface area contributed by atoms with Crippen LogP contribution in [0.5, 0.6) is 0 Å². The Bertz CT molecular complexity index is 261. The second-order valence-corrected chi connectivity index (χ2v) is 6.26. The molecule has 13 heteroatoms. The summed E-state index contributed by atoms with van der Waals surface area (Å²) < 4.78 is 20.9. The van der Waals surface area contributed by atoms with Crippen LogP contribution in [-0.4, -0.2) is 24.0 Å². The molecular formula is C6H13NNa4O6P2. The van der Waals surface area contributed by atoms with Gasteiger partial charge in [0.1, 0.15) is 0 Å². The molecule has 0 aromatic carbocycles. The largest absolute Gasteiger partial charge is 1.00 e. The fourth-order valence-electron chi connectivity index (χ4n) is 1.06. The molecule has 0 aliphatic rings. The fourth-order valence-corrected chi connectivity index (χ4v) is 2.68. The molecule has 0 N–H and O–H groups in total. The Morgan fingerprint density at radius 2 is 1.16 bits per heavy atom. The smallest absolute Gasteiger partial charge is 0.810 e. The SMILES string of the molecule is CCCCN(CP(=O)([O-])[O-])CP(=O)([O-])[O-].[Na+].[Na+].[Na+].[Na+]. The van der Waals surface area contributed by atoms with Crippen LogP contribution in [0.1, 0.15) is 19.8 Å². The Morgan fingerprint density at radius 3 is 1.37 bits per heavy atom. The summed E-state index contributed by atoms with van der Waals surface area (Å²) in [7, 11) is -9.64. The number of nitrogens with zero attached hydrogens (tertiary/aromatic N) is 1. The third-order valence-electron chi connectivity index (χ3n) is 1.57. The van der Waals surface area contributed by atoms with E-state index in [-0.39, 0.29) is 125 Å². The van der Waals surface area contributed by atoms with E-state index >= 15 is 0 Å². The van der Waals surface area contributed by atoms with Crippen LogP contribution < -0.4 is 138 Å². The first kappa shape index (κ1) is 34.6. The van der Waals surface area contributed by atoms with Gasteiger partial charge in [0.2, 0.25) is 0 Å². The third-order valence-corrected chi connectivity index (χ3v) is 3.07. The molecule has 0 aliphatic heterocycles. The van der Waals surface area contributed by atoms with Gasteiger partial charge >= 0.3 is 118 Å². The molecule has 0 aromatic heterocycles. The molecule has 0 bridgehead atoms. The molecule has 0 aromatic rings. The van der Waals surface area contributed by atoms with Gasteiger partial charge in [0.15, 0.2) is 0 Å². The van der Waals surface area contributed by atoms with Crippen LogP contribution in [0, 0.1) is 0 Å². The van der Waals surface area contributed by atoms with Crippen molar-refractivity contribution in [1.29, 1.82) is 0 Å². The maximum Gasteiger partial charge on any atom is 1.00 e. The van der Waals surface area contributed by atoms with Crippen molar-refractivity contribution in [3.8, 4) is 0 Å². The van der Waals surface area contributed by atoms with Crippen LogP contribution >= 0.6 is 15.2 Å². The average molecular weight is 349 g/mol. The number of hydrogen-bond donors (Lipinski definition) is 0. The van der Waals surface area contributed by atoms with Crippen LogP contribution in [-0.2, 0) is 9.13 Å². The quantitative estimate of drug-likeness (QED) is 0.330. The van der Waals surface area contributed by atoms with Crippen molar-refractivity contribution in [2.24, 2.45) is 0 Å². The first-order chi connectivity index (χ1) is 6.64. The van der Waals surface area contributed by atoms with Crippen molar-refractivity contribution in [3.63, 3.8) is 0 Å². The summed E-state index contributed by atoms with van der Waals surface area (Å²) in [5.41, 5.74) is 0. The Morgan fingerprint density at radius 1 is 0.842 bits per heavy atom. The minimum atomic E-state index is -4.82. The van der Waals surface area contributed by atoms with E-state index in [1.165, 1.54) is 0 Å². The maximum absolute atomic E-state index is 10.4. The standard InChI is InChI=1S/C6H17NO6P2.4Na/c1-2-3-4-7(5-14(8,9)10)6-15(11,12)13;;;;/h2-6H2,1H3,(H2,8,9,10)(H2,11,12,13);;;;/q;4*+1/p-4. The summed E-state index contributed by atoms with van der Waals surface area (Å²) in [5, 5.41) is 0. The maximum atomic E-state index is 10.4. The van der Waals surface area contributed by atoms with E-state index in [9.17, 15) is 28.7 Å². The first-order valence-electron chi connectivity index (χ1n) is 4.38. The van der Waals surface area contributed by atoms with Gasteiger partial charge in [0.05, 0.1) is 0 Å². The molecule has 0 spiro atoms. The molecule has 0 saturated carbocycles. The molecule has 0 amide bonds. The molecule has 0 fully saturated rings. The summed E-state index contributed by atoms with van der Waals surface area (Å²) in [6.45, 7) is 1.93. The fraction of sp³-hybridized carbons (Fsp3) is 1.00. The number of rotatable bonds is 7. The van der Waals surface area contributed by atoms with Crippen molar-refractivity contribution in [3.05, 3.63) is 0 Å². The van der Waals surface area contributed by atoms with Gasteiger partial charge in [0.25, 0.3) is 0 Å². The summed E-state index contributed by atoms with van der Waals surface area (Å²) in [5.74, 6) is 0.